The zero-order chi connectivity index (χ0) is 13.7. The van der Waals surface area contributed by atoms with Crippen molar-refractivity contribution >= 4 is 17.4 Å². The van der Waals surface area contributed by atoms with E-state index in [1.54, 1.807) is 23.1 Å². The third-order valence-electron chi connectivity index (χ3n) is 2.51. The second-order valence-corrected chi connectivity index (χ2v) is 3.95. The van der Waals surface area contributed by atoms with E-state index in [9.17, 15) is 4.79 Å². The summed E-state index contributed by atoms with van der Waals surface area (Å²) < 4.78 is 1.73. The van der Waals surface area contributed by atoms with E-state index in [-0.39, 0.29) is 5.69 Å². The Kier molecular flexibility index (Phi) is 3.91. The van der Waals surface area contributed by atoms with Crippen LogP contribution in [0.5, 0.6) is 0 Å². The molecule has 5 N–H and O–H groups in total. The molecule has 2 aromatic rings. The number of anilines is 2. The first kappa shape index (κ1) is 12.8. The third kappa shape index (κ3) is 3.41. The number of carbonyl (C=O) groups excluding carboxylic acids is 1. The first-order valence-corrected chi connectivity index (χ1v) is 5.81. The van der Waals surface area contributed by atoms with Gasteiger partial charge in [0.1, 0.15) is 11.5 Å². The Morgan fingerprint density at radius 3 is 2.95 bits per heavy atom. The molecule has 100 valence electrons. The zero-order valence-corrected chi connectivity index (χ0v) is 10.3. The Morgan fingerprint density at radius 1 is 1.42 bits per heavy atom. The van der Waals surface area contributed by atoms with Crippen LogP contribution in [0.4, 0.5) is 11.5 Å². The van der Waals surface area contributed by atoms with Crippen LogP contribution in [0.25, 0.3) is 0 Å². The van der Waals surface area contributed by atoms with Gasteiger partial charge in [-0.3, -0.25) is 9.48 Å². The van der Waals surface area contributed by atoms with Gasteiger partial charge in [0.15, 0.2) is 0 Å². The largest absolute Gasteiger partial charge is 0.396 e. The Morgan fingerprint density at radius 2 is 2.26 bits per heavy atom. The van der Waals surface area contributed by atoms with E-state index in [1.807, 2.05) is 0 Å². The van der Waals surface area contributed by atoms with Crippen molar-refractivity contribution in [3.63, 3.8) is 0 Å². The second-order valence-electron chi connectivity index (χ2n) is 3.95. The molecule has 0 radical (unpaired) electrons. The van der Waals surface area contributed by atoms with Crippen molar-refractivity contribution < 1.29 is 4.79 Å². The van der Waals surface area contributed by atoms with Gasteiger partial charge in [0.2, 0.25) is 0 Å². The van der Waals surface area contributed by atoms with Crippen LogP contribution >= 0.6 is 0 Å². The van der Waals surface area contributed by atoms with Crippen LogP contribution in [-0.2, 0) is 6.54 Å². The van der Waals surface area contributed by atoms with Gasteiger partial charge < -0.3 is 16.8 Å². The summed E-state index contributed by atoms with van der Waals surface area (Å²) in [5.74, 6) is -0.111. The fourth-order valence-corrected chi connectivity index (χ4v) is 1.55. The molecule has 0 aliphatic carbocycles. The van der Waals surface area contributed by atoms with Gasteiger partial charge >= 0.3 is 0 Å². The van der Waals surface area contributed by atoms with Crippen LogP contribution in [-0.4, -0.2) is 32.4 Å². The molecular weight excluding hydrogens is 246 g/mol. The van der Waals surface area contributed by atoms with E-state index in [0.717, 1.165) is 13.0 Å². The van der Waals surface area contributed by atoms with Crippen molar-refractivity contribution in [2.45, 2.75) is 13.0 Å². The lowest BCUT2D eigenvalue weighted by molar-refractivity contribution is 0.0996. The number of pyridine rings is 1. The van der Waals surface area contributed by atoms with Crippen LogP contribution in [0.2, 0.25) is 0 Å². The van der Waals surface area contributed by atoms with Gasteiger partial charge in [0, 0.05) is 19.3 Å². The smallest absolute Gasteiger partial charge is 0.267 e. The molecule has 0 spiro atoms. The number of aryl methyl sites for hydroxylation is 1. The molecule has 0 fully saturated rings. The molecule has 0 saturated carbocycles. The quantitative estimate of drug-likeness (QED) is 0.621. The Balaban J connectivity index is 1.88. The third-order valence-corrected chi connectivity index (χ3v) is 2.51. The average Bonchev–Trinajstić information content (AvgIpc) is 2.89. The summed E-state index contributed by atoms with van der Waals surface area (Å²) in [6.07, 6.45) is 4.24. The molecule has 0 aliphatic rings. The number of nitrogens with zero attached hydrogens (tertiary/aromatic N) is 4. The summed E-state index contributed by atoms with van der Waals surface area (Å²) in [6, 6.07) is 3.10. The van der Waals surface area contributed by atoms with E-state index < -0.39 is 5.91 Å². The summed E-state index contributed by atoms with van der Waals surface area (Å²) >= 11 is 0. The van der Waals surface area contributed by atoms with Gasteiger partial charge in [-0.05, 0) is 18.6 Å². The average molecular weight is 261 g/mol. The Bertz CT molecular complexity index is 552. The van der Waals surface area contributed by atoms with Crippen LogP contribution in [0.15, 0.2) is 24.5 Å². The van der Waals surface area contributed by atoms with Crippen LogP contribution < -0.4 is 16.8 Å². The molecule has 0 unspecified atom stereocenters. The zero-order valence-electron chi connectivity index (χ0n) is 10.3. The van der Waals surface area contributed by atoms with E-state index in [0.29, 0.717) is 18.1 Å². The molecule has 0 aliphatic heterocycles. The Labute approximate surface area is 109 Å². The number of aromatic nitrogens is 4. The molecule has 0 bridgehead atoms. The summed E-state index contributed by atoms with van der Waals surface area (Å²) in [6.45, 7) is 1.39. The summed E-state index contributed by atoms with van der Waals surface area (Å²) in [7, 11) is 0. The molecule has 1 amide bonds. The van der Waals surface area contributed by atoms with Gasteiger partial charge in [0.05, 0.1) is 11.9 Å². The van der Waals surface area contributed by atoms with Gasteiger partial charge in [-0.1, -0.05) is 5.21 Å². The molecule has 0 aromatic carbocycles. The van der Waals surface area contributed by atoms with Gasteiger partial charge in [-0.25, -0.2) is 4.98 Å². The molecule has 8 nitrogen and oxygen atoms in total. The minimum Gasteiger partial charge on any atom is -0.396 e. The highest BCUT2D eigenvalue weighted by atomic mass is 16.1. The summed E-state index contributed by atoms with van der Waals surface area (Å²) in [5, 5.41) is 10.6. The van der Waals surface area contributed by atoms with Crippen LogP contribution in [0.3, 0.4) is 0 Å². The van der Waals surface area contributed by atoms with Crippen molar-refractivity contribution in [1.82, 2.24) is 20.0 Å². The maximum Gasteiger partial charge on any atom is 0.267 e. The lowest BCUT2D eigenvalue weighted by atomic mass is 10.3. The SMILES string of the molecule is NC(=O)c1ccc(N)c(NCCCn2ccnn2)n1. The van der Waals surface area contributed by atoms with Crippen molar-refractivity contribution in [3.8, 4) is 0 Å². The van der Waals surface area contributed by atoms with Crippen LogP contribution in [0, 0.1) is 0 Å². The van der Waals surface area contributed by atoms with Crippen molar-refractivity contribution in [3.05, 3.63) is 30.2 Å². The molecule has 2 heterocycles. The standard InChI is InChI=1S/C11H15N7O/c12-8-2-3-9(10(13)19)16-11(8)14-4-1-6-18-7-5-15-17-18/h2-3,5,7H,1,4,6,12H2,(H2,13,19)(H,14,16). The maximum atomic E-state index is 11.0. The molecule has 2 aromatic heterocycles. The van der Waals surface area contributed by atoms with Crippen molar-refractivity contribution in [2.75, 3.05) is 17.6 Å². The number of amides is 1. The molecule has 8 heteroatoms. The number of rotatable bonds is 6. The highest BCUT2D eigenvalue weighted by molar-refractivity contribution is 5.91. The van der Waals surface area contributed by atoms with E-state index in [4.69, 9.17) is 11.5 Å². The highest BCUT2D eigenvalue weighted by Gasteiger charge is 2.06. The number of hydrogen-bond donors (Lipinski definition) is 3. The van der Waals surface area contributed by atoms with Crippen molar-refractivity contribution in [1.29, 1.82) is 0 Å². The van der Waals surface area contributed by atoms with Gasteiger partial charge in [0.25, 0.3) is 5.91 Å². The maximum absolute atomic E-state index is 11.0. The second kappa shape index (κ2) is 5.80. The number of primary amides is 1. The molecule has 19 heavy (non-hydrogen) atoms. The van der Waals surface area contributed by atoms with Gasteiger partial charge in [-0.2, -0.15) is 0 Å². The first-order chi connectivity index (χ1) is 9.16. The van der Waals surface area contributed by atoms with Crippen LogP contribution in [0.1, 0.15) is 16.9 Å². The van der Waals surface area contributed by atoms with E-state index >= 15 is 0 Å². The van der Waals surface area contributed by atoms with E-state index in [2.05, 4.69) is 20.6 Å². The lowest BCUT2D eigenvalue weighted by Crippen LogP contribution is -2.16. The lowest BCUT2D eigenvalue weighted by Gasteiger charge is -2.09. The highest BCUT2D eigenvalue weighted by Crippen LogP contribution is 2.15. The number of carbonyl (C=O) groups is 1. The monoisotopic (exact) mass is 261 g/mol. The number of nitrogens with one attached hydrogen (secondary N) is 1. The number of hydrogen-bond acceptors (Lipinski definition) is 6. The molecule has 0 atom stereocenters. The summed E-state index contributed by atoms with van der Waals surface area (Å²) in [4.78, 5) is 15.1. The summed E-state index contributed by atoms with van der Waals surface area (Å²) in [5.41, 5.74) is 11.6. The first-order valence-electron chi connectivity index (χ1n) is 5.81. The topological polar surface area (TPSA) is 125 Å². The minimum absolute atomic E-state index is 0.188. The molecule has 2 rings (SSSR count). The fourth-order valence-electron chi connectivity index (χ4n) is 1.55. The molecular formula is C11H15N7O. The minimum atomic E-state index is -0.578. The molecule has 0 saturated heterocycles. The normalized spacial score (nSPS) is 10.3. The number of nitrogen functional groups attached to an aromatic ring is 1. The van der Waals surface area contributed by atoms with Crippen molar-refractivity contribution in [2.24, 2.45) is 5.73 Å². The Hall–Kier alpha value is -2.64. The van der Waals surface area contributed by atoms with E-state index in [1.165, 1.54) is 6.07 Å². The predicted molar refractivity (Wildman–Crippen MR) is 70.3 cm³/mol. The fraction of sp³-hybridized carbons (Fsp3) is 0.273. The number of nitrogens with two attached hydrogens (primary N) is 2. The van der Waals surface area contributed by atoms with Gasteiger partial charge in [-0.15, -0.1) is 5.10 Å². The predicted octanol–water partition coefficient (Wildman–Crippen LogP) is -0.144.